The molecule has 0 aromatic carbocycles. The fourth-order valence-corrected chi connectivity index (χ4v) is 7.53. The number of nitrogens with one attached hydrogen (secondary N) is 2. The summed E-state index contributed by atoms with van der Waals surface area (Å²) in [7, 11) is -17.6. The Hall–Kier alpha value is -2.44. The Morgan fingerprint density at radius 2 is 1.76 bits per heavy atom. The van der Waals surface area contributed by atoms with E-state index in [4.69, 9.17) is 10.5 Å². The predicted octanol–water partition coefficient (Wildman–Crippen LogP) is -3.84. The molecule has 1 fully saturated rings. The van der Waals surface area contributed by atoms with Crippen LogP contribution in [0.3, 0.4) is 0 Å². The lowest BCUT2D eigenvalue weighted by molar-refractivity contribution is -0.347. The molecule has 0 bridgehead atoms. The van der Waals surface area contributed by atoms with Gasteiger partial charge in [0.25, 0.3) is 15.6 Å². The molecule has 1 saturated heterocycles. The molecule has 288 valence electrons. The number of aromatic nitrogens is 4. The number of fused-ring (bicyclic) bond motifs is 1. The molecule has 0 saturated carbocycles. The van der Waals surface area contributed by atoms with E-state index in [1.165, 1.54) is 20.8 Å². The third kappa shape index (κ3) is 12.9. The summed E-state index contributed by atoms with van der Waals surface area (Å²) >= 11 is 1.01. The molecule has 2 aromatic rings. The highest BCUT2D eigenvalue weighted by Gasteiger charge is 2.47. The van der Waals surface area contributed by atoms with Crippen LogP contribution in [0.2, 0.25) is 0 Å². The summed E-state index contributed by atoms with van der Waals surface area (Å²) in [5.74, 6) is -1.19. The molecular weight excluding hydrogens is 771 g/mol. The molecule has 24 nitrogen and oxygen atoms in total. The molecule has 0 aliphatic carbocycles. The van der Waals surface area contributed by atoms with Crippen LogP contribution in [0.25, 0.3) is 11.2 Å². The van der Waals surface area contributed by atoms with Crippen molar-refractivity contribution < 1.29 is 80.5 Å². The number of anilines is 1. The van der Waals surface area contributed by atoms with E-state index in [-0.39, 0.29) is 41.6 Å². The van der Waals surface area contributed by atoms with E-state index in [9.17, 15) is 57.9 Å². The zero-order valence-corrected chi connectivity index (χ0v) is 30.4. The van der Waals surface area contributed by atoms with Gasteiger partial charge in [0.15, 0.2) is 22.8 Å². The second-order valence-electron chi connectivity index (χ2n) is 11.3. The Bertz CT molecular complexity index is 1710. The van der Waals surface area contributed by atoms with Gasteiger partial charge in [0.2, 0.25) is 11.8 Å². The van der Waals surface area contributed by atoms with Crippen molar-refractivity contribution in [1.29, 1.82) is 0 Å². The van der Waals surface area contributed by atoms with Gasteiger partial charge in [-0.25, -0.2) is 19.3 Å². The van der Waals surface area contributed by atoms with Gasteiger partial charge >= 0.3 is 0 Å². The molecule has 6 N–H and O–H groups in total. The molecule has 51 heavy (non-hydrogen) atoms. The molecule has 1 aliphatic rings. The van der Waals surface area contributed by atoms with Crippen LogP contribution in [0.4, 0.5) is 5.82 Å². The Morgan fingerprint density at radius 1 is 1.10 bits per heavy atom. The number of aliphatic hydroxyl groups excluding tert-OH is 2. The second-order valence-corrected chi connectivity index (χ2v) is 16.7. The van der Waals surface area contributed by atoms with Crippen LogP contribution in [0.1, 0.15) is 33.4 Å². The minimum Gasteiger partial charge on any atom is -0.790 e. The van der Waals surface area contributed by atoms with Gasteiger partial charge in [-0.3, -0.25) is 28.1 Å². The van der Waals surface area contributed by atoms with Crippen LogP contribution in [0, 0.1) is 5.41 Å². The molecule has 3 rings (SSSR count). The summed E-state index contributed by atoms with van der Waals surface area (Å²) in [6.45, 7) is 1.49. The van der Waals surface area contributed by atoms with Crippen molar-refractivity contribution in [2.75, 3.05) is 37.8 Å². The molecule has 0 radical (unpaired) electrons. The average Bonchev–Trinajstić information content (AvgIpc) is 3.57. The number of aliphatic hydroxyl groups is 2. The van der Waals surface area contributed by atoms with Crippen LogP contribution >= 0.6 is 35.2 Å². The number of rotatable bonds is 19. The van der Waals surface area contributed by atoms with Crippen LogP contribution in [0.5, 0.6) is 0 Å². The molecular formula is C23H34N7O17P3S-4. The summed E-state index contributed by atoms with van der Waals surface area (Å²) in [6.07, 6.45) is -7.55. The highest BCUT2D eigenvalue weighted by molar-refractivity contribution is 8.13. The first kappa shape index (κ1) is 43.0. The molecule has 1 aliphatic heterocycles. The third-order valence-corrected chi connectivity index (χ3v) is 10.6. The fraction of sp³-hybridized carbons (Fsp3) is 0.652. The number of phosphoric ester groups is 3. The normalized spacial score (nSPS) is 22.6. The number of imidazole rings is 1. The van der Waals surface area contributed by atoms with Crippen LogP contribution in [-0.4, -0.2) is 103 Å². The SMILES string of the molecule is CC(=O)SCCNC(=O)CCNC(=O)[C@H](O)C(C)(C)COP(=O)([O-])OP(=O)([O-])OC[C@H]1O[C@@H](n2cnc3c(N)ncnc32)[C@H](O)[C@@H]1OP(=O)([O-])[O-]. The van der Waals surface area contributed by atoms with Crippen molar-refractivity contribution in [3.8, 4) is 0 Å². The average molecular weight is 806 g/mol. The third-order valence-electron chi connectivity index (χ3n) is 6.78. The number of nitrogens with two attached hydrogens (primary N) is 1. The van der Waals surface area contributed by atoms with Gasteiger partial charge in [-0.1, -0.05) is 25.6 Å². The van der Waals surface area contributed by atoms with Crippen LogP contribution in [0.15, 0.2) is 12.7 Å². The maximum absolute atomic E-state index is 12.4. The molecule has 2 unspecified atom stereocenters. The molecule has 0 spiro atoms. The first-order valence-corrected chi connectivity index (χ1v) is 19.8. The number of amides is 2. The summed E-state index contributed by atoms with van der Waals surface area (Å²) < 4.78 is 60.2. The van der Waals surface area contributed by atoms with Gasteiger partial charge in [-0.05, 0) is 0 Å². The van der Waals surface area contributed by atoms with Gasteiger partial charge in [-0.2, -0.15) is 0 Å². The van der Waals surface area contributed by atoms with Crippen LogP contribution in [-0.2, 0) is 50.7 Å². The summed E-state index contributed by atoms with van der Waals surface area (Å²) in [4.78, 5) is 94.3. The molecule has 2 aromatic heterocycles. The van der Waals surface area contributed by atoms with Crippen molar-refractivity contribution in [3.63, 3.8) is 0 Å². The van der Waals surface area contributed by atoms with Crippen molar-refractivity contribution in [1.82, 2.24) is 30.2 Å². The number of phosphoric acid groups is 3. The Balaban J connectivity index is 1.55. The van der Waals surface area contributed by atoms with Crippen molar-refractivity contribution in [2.45, 2.75) is 57.8 Å². The second kappa shape index (κ2) is 17.6. The largest absolute Gasteiger partial charge is 0.790 e. The molecule has 2 amide bonds. The number of carbonyl (C=O) groups is 3. The first-order chi connectivity index (χ1) is 23.5. The van der Waals surface area contributed by atoms with Crippen molar-refractivity contribution in [2.24, 2.45) is 5.41 Å². The van der Waals surface area contributed by atoms with E-state index < -0.39 is 84.6 Å². The van der Waals surface area contributed by atoms with Gasteiger partial charge in [-0.15, -0.1) is 0 Å². The number of hydrogen-bond acceptors (Lipinski definition) is 22. The van der Waals surface area contributed by atoms with E-state index in [1.54, 1.807) is 0 Å². The highest BCUT2D eigenvalue weighted by atomic mass is 32.2. The van der Waals surface area contributed by atoms with E-state index >= 15 is 0 Å². The predicted molar refractivity (Wildman–Crippen MR) is 164 cm³/mol. The van der Waals surface area contributed by atoms with E-state index in [2.05, 4.69) is 43.5 Å². The lowest BCUT2D eigenvalue weighted by Crippen LogP contribution is -2.46. The minimum atomic E-state index is -5.90. The number of ether oxygens (including phenoxy) is 1. The molecule has 7 atom stereocenters. The zero-order chi connectivity index (χ0) is 38.4. The van der Waals surface area contributed by atoms with Gasteiger partial charge in [0.1, 0.15) is 36.3 Å². The van der Waals surface area contributed by atoms with Gasteiger partial charge < -0.3 is 69.0 Å². The van der Waals surface area contributed by atoms with Crippen molar-refractivity contribution >= 4 is 69.1 Å². The topological polar surface area (TPSA) is 375 Å². The zero-order valence-electron chi connectivity index (χ0n) is 26.9. The summed E-state index contributed by atoms with van der Waals surface area (Å²) in [5, 5.41) is 25.9. The van der Waals surface area contributed by atoms with Crippen molar-refractivity contribution in [3.05, 3.63) is 12.7 Å². The van der Waals surface area contributed by atoms with Gasteiger partial charge in [0, 0.05) is 37.6 Å². The lowest BCUT2D eigenvalue weighted by atomic mass is 9.87. The smallest absolute Gasteiger partial charge is 0.274 e. The number of hydrogen-bond donors (Lipinski definition) is 5. The summed E-state index contributed by atoms with van der Waals surface area (Å²) in [5.41, 5.74) is 4.07. The monoisotopic (exact) mass is 805 g/mol. The quantitative estimate of drug-likeness (QED) is 0.0670. The fourth-order valence-electron chi connectivity index (χ4n) is 4.30. The number of carbonyl (C=O) groups excluding carboxylic acids is 3. The Morgan fingerprint density at radius 3 is 2.41 bits per heavy atom. The number of thioether (sulfide) groups is 1. The van der Waals surface area contributed by atoms with E-state index in [1.807, 2.05) is 0 Å². The van der Waals surface area contributed by atoms with Gasteiger partial charge in [0.05, 0.1) is 27.4 Å². The number of nitrogens with zero attached hydrogens (tertiary/aromatic N) is 4. The lowest BCUT2D eigenvalue weighted by Gasteiger charge is -2.36. The maximum atomic E-state index is 12.4. The molecule has 28 heteroatoms. The van der Waals surface area contributed by atoms with E-state index in [0.29, 0.717) is 5.75 Å². The Kier molecular flexibility index (Phi) is 14.8. The summed E-state index contributed by atoms with van der Waals surface area (Å²) in [6, 6.07) is 0. The minimum absolute atomic E-state index is 0.0209. The standard InChI is InChI=1S/C23H38N7O17P3S/c1-12(31)51-7-6-25-14(32)4-5-26-21(35)18(34)23(2,3)9-44-50(41,42)47-49(39,40)43-8-13-17(46-48(36,37)38)16(33)22(45-13)30-11-29-15-19(24)27-10-28-20(15)30/h10-11,13,16-18,22,33-34H,4-9H2,1-3H3,(H,25,32)(H,26,35)(H,39,40)(H,41,42)(H2,24,27,28)(H2,36,37,38)/p-4/t13-,16-,17-,18+,22-/m1/s1. The van der Waals surface area contributed by atoms with E-state index in [0.717, 1.165) is 29.0 Å². The Labute approximate surface area is 293 Å². The molecule has 3 heterocycles. The highest BCUT2D eigenvalue weighted by Crippen LogP contribution is 2.56. The number of nitrogen functional groups attached to an aromatic ring is 1. The maximum Gasteiger partial charge on any atom is 0.274 e. The van der Waals surface area contributed by atoms with Crippen LogP contribution < -0.4 is 35.9 Å². The first-order valence-electron chi connectivity index (χ1n) is 14.5.